The van der Waals surface area contributed by atoms with Crippen LogP contribution in [-0.2, 0) is 14.3 Å². The molecule has 1 amide bonds. The van der Waals surface area contributed by atoms with Crippen molar-refractivity contribution in [3.8, 4) is 0 Å². The lowest BCUT2D eigenvalue weighted by Crippen LogP contribution is -2.44. The Kier molecular flexibility index (Phi) is 5.25. The number of unbranched alkanes of at least 4 members (excludes halogenated alkanes) is 1. The number of carbonyl (C=O) groups is 2. The van der Waals surface area contributed by atoms with Gasteiger partial charge in [-0.25, -0.2) is 0 Å². The fourth-order valence-corrected chi connectivity index (χ4v) is 1.83. The third-order valence-electron chi connectivity index (χ3n) is 2.75. The van der Waals surface area contributed by atoms with E-state index in [2.05, 4.69) is 17.6 Å². The third-order valence-corrected chi connectivity index (χ3v) is 2.75. The topological polar surface area (TPSA) is 67.4 Å². The van der Waals surface area contributed by atoms with Gasteiger partial charge in [-0.2, -0.15) is 0 Å². The lowest BCUT2D eigenvalue weighted by Gasteiger charge is -2.19. The van der Waals surface area contributed by atoms with Crippen LogP contribution >= 0.6 is 0 Å². The van der Waals surface area contributed by atoms with Gasteiger partial charge in [0.15, 0.2) is 0 Å². The molecule has 1 fully saturated rings. The van der Waals surface area contributed by atoms with E-state index < -0.39 is 0 Å². The fourth-order valence-electron chi connectivity index (χ4n) is 1.83. The summed E-state index contributed by atoms with van der Waals surface area (Å²) in [5, 5.41) is 5.91. The van der Waals surface area contributed by atoms with Crippen molar-refractivity contribution in [3.63, 3.8) is 0 Å². The normalized spacial score (nSPS) is 21.6. The molecule has 0 radical (unpaired) electrons. The molecule has 1 rings (SSSR count). The number of esters is 1. The highest BCUT2D eigenvalue weighted by Crippen LogP contribution is 2.07. The Morgan fingerprint density at radius 2 is 2.44 bits per heavy atom. The zero-order chi connectivity index (χ0) is 12.0. The molecular weight excluding hydrogens is 208 g/mol. The first-order chi connectivity index (χ1) is 7.67. The Morgan fingerprint density at radius 1 is 1.69 bits per heavy atom. The second-order valence-electron chi connectivity index (χ2n) is 4.09. The highest BCUT2D eigenvalue weighted by molar-refractivity contribution is 5.79. The minimum atomic E-state index is -0.289. The minimum absolute atomic E-state index is 0.0385. The molecule has 16 heavy (non-hydrogen) atoms. The van der Waals surface area contributed by atoms with Gasteiger partial charge in [-0.1, -0.05) is 19.8 Å². The summed E-state index contributed by atoms with van der Waals surface area (Å²) in [6.45, 7) is 2.67. The van der Waals surface area contributed by atoms with Gasteiger partial charge in [0, 0.05) is 19.0 Å². The van der Waals surface area contributed by atoms with E-state index in [0.717, 1.165) is 19.3 Å². The Bertz CT molecular complexity index is 256. The van der Waals surface area contributed by atoms with Gasteiger partial charge in [0.1, 0.15) is 6.04 Å². The summed E-state index contributed by atoms with van der Waals surface area (Å²) in [7, 11) is 1.39. The van der Waals surface area contributed by atoms with Crippen LogP contribution < -0.4 is 10.6 Å². The summed E-state index contributed by atoms with van der Waals surface area (Å²) in [5.74, 6) is -0.204. The van der Waals surface area contributed by atoms with Crippen LogP contribution in [0.15, 0.2) is 0 Å². The smallest absolute Gasteiger partial charge is 0.322 e. The van der Waals surface area contributed by atoms with Gasteiger partial charge in [0.05, 0.1) is 7.11 Å². The van der Waals surface area contributed by atoms with Crippen LogP contribution in [0.3, 0.4) is 0 Å². The number of methoxy groups -OCH3 is 1. The van der Waals surface area contributed by atoms with E-state index in [-0.39, 0.29) is 24.0 Å². The lowest BCUT2D eigenvalue weighted by molar-refractivity contribution is -0.143. The fraction of sp³-hybridized carbons (Fsp3) is 0.818. The van der Waals surface area contributed by atoms with Gasteiger partial charge < -0.3 is 10.1 Å². The van der Waals surface area contributed by atoms with E-state index in [1.165, 1.54) is 7.11 Å². The first-order valence-electron chi connectivity index (χ1n) is 5.78. The molecule has 0 spiro atoms. The number of hydrogen-bond acceptors (Lipinski definition) is 4. The number of hydrogen-bond donors (Lipinski definition) is 2. The van der Waals surface area contributed by atoms with Crippen molar-refractivity contribution in [2.75, 3.05) is 13.7 Å². The quantitative estimate of drug-likeness (QED) is 0.637. The van der Waals surface area contributed by atoms with Gasteiger partial charge in [0.2, 0.25) is 5.91 Å². The van der Waals surface area contributed by atoms with Crippen LogP contribution in [0.2, 0.25) is 0 Å². The molecule has 2 atom stereocenters. The highest BCUT2D eigenvalue weighted by atomic mass is 16.5. The average Bonchev–Trinajstić information content (AvgIpc) is 2.69. The predicted molar refractivity (Wildman–Crippen MR) is 59.9 cm³/mol. The molecule has 5 nitrogen and oxygen atoms in total. The summed E-state index contributed by atoms with van der Waals surface area (Å²) in [6, 6.07) is -0.240. The molecule has 1 aliphatic heterocycles. The van der Waals surface area contributed by atoms with Crippen molar-refractivity contribution >= 4 is 11.9 Å². The predicted octanol–water partition coefficient (Wildman–Crippen LogP) is 0.196. The number of amides is 1. The van der Waals surface area contributed by atoms with Crippen LogP contribution in [0.4, 0.5) is 0 Å². The zero-order valence-corrected chi connectivity index (χ0v) is 9.91. The van der Waals surface area contributed by atoms with Gasteiger partial charge in [0.25, 0.3) is 0 Å². The van der Waals surface area contributed by atoms with Gasteiger partial charge in [-0.05, 0) is 6.42 Å². The number of carbonyl (C=O) groups excluding carboxylic acids is 2. The van der Waals surface area contributed by atoms with Crippen molar-refractivity contribution in [1.29, 1.82) is 0 Å². The van der Waals surface area contributed by atoms with E-state index in [0.29, 0.717) is 13.0 Å². The van der Waals surface area contributed by atoms with Crippen molar-refractivity contribution in [1.82, 2.24) is 10.6 Å². The molecular formula is C11H20N2O3. The largest absolute Gasteiger partial charge is 0.468 e. The first-order valence-corrected chi connectivity index (χ1v) is 5.78. The second-order valence-corrected chi connectivity index (χ2v) is 4.09. The van der Waals surface area contributed by atoms with Gasteiger partial charge >= 0.3 is 5.97 Å². The third kappa shape index (κ3) is 3.81. The molecule has 92 valence electrons. The molecule has 0 aromatic heterocycles. The SMILES string of the molecule is CCCCC(NC1CNC(=O)C1)C(=O)OC. The van der Waals surface area contributed by atoms with Crippen LogP contribution in [0.5, 0.6) is 0 Å². The molecule has 1 heterocycles. The second kappa shape index (κ2) is 6.48. The summed E-state index contributed by atoms with van der Waals surface area (Å²) in [6.07, 6.45) is 3.21. The maximum absolute atomic E-state index is 11.5. The number of nitrogens with one attached hydrogen (secondary N) is 2. The van der Waals surface area contributed by atoms with Gasteiger partial charge in [-0.15, -0.1) is 0 Å². The zero-order valence-electron chi connectivity index (χ0n) is 9.91. The molecule has 1 aliphatic rings. The summed E-state index contributed by atoms with van der Waals surface area (Å²) < 4.78 is 4.74. The maximum atomic E-state index is 11.5. The molecule has 0 aromatic rings. The van der Waals surface area contributed by atoms with Crippen LogP contribution in [0.1, 0.15) is 32.6 Å². The average molecular weight is 228 g/mol. The first kappa shape index (κ1) is 13.0. The van der Waals surface area contributed by atoms with Crippen LogP contribution in [-0.4, -0.2) is 37.6 Å². The highest BCUT2D eigenvalue weighted by Gasteiger charge is 2.27. The Labute approximate surface area is 95.9 Å². The Morgan fingerprint density at radius 3 is 2.94 bits per heavy atom. The van der Waals surface area contributed by atoms with Crippen LogP contribution in [0, 0.1) is 0 Å². The summed E-state index contributed by atoms with van der Waals surface area (Å²) >= 11 is 0. The summed E-state index contributed by atoms with van der Waals surface area (Å²) in [4.78, 5) is 22.5. The van der Waals surface area contributed by atoms with Crippen molar-refractivity contribution < 1.29 is 14.3 Å². The molecule has 5 heteroatoms. The standard InChI is InChI=1S/C11H20N2O3/c1-3-4-5-9(11(15)16-2)13-8-6-10(14)12-7-8/h8-9,13H,3-7H2,1-2H3,(H,12,14). The number of rotatable bonds is 6. The molecule has 2 N–H and O–H groups in total. The van der Waals surface area contributed by atoms with Crippen molar-refractivity contribution in [3.05, 3.63) is 0 Å². The van der Waals surface area contributed by atoms with E-state index >= 15 is 0 Å². The lowest BCUT2D eigenvalue weighted by atomic mass is 10.1. The van der Waals surface area contributed by atoms with E-state index in [1.54, 1.807) is 0 Å². The Hall–Kier alpha value is -1.10. The van der Waals surface area contributed by atoms with E-state index in [4.69, 9.17) is 4.74 Å². The molecule has 0 aliphatic carbocycles. The van der Waals surface area contributed by atoms with Gasteiger partial charge in [-0.3, -0.25) is 14.9 Å². The van der Waals surface area contributed by atoms with Crippen LogP contribution in [0.25, 0.3) is 0 Å². The maximum Gasteiger partial charge on any atom is 0.322 e. The molecule has 2 unspecified atom stereocenters. The van der Waals surface area contributed by atoms with Crippen molar-refractivity contribution in [2.45, 2.75) is 44.7 Å². The minimum Gasteiger partial charge on any atom is -0.468 e. The Balaban J connectivity index is 2.42. The monoisotopic (exact) mass is 228 g/mol. The summed E-state index contributed by atoms with van der Waals surface area (Å²) in [5.41, 5.74) is 0. The van der Waals surface area contributed by atoms with E-state index in [1.807, 2.05) is 0 Å². The number of ether oxygens (including phenoxy) is 1. The van der Waals surface area contributed by atoms with E-state index in [9.17, 15) is 9.59 Å². The van der Waals surface area contributed by atoms with Crippen molar-refractivity contribution in [2.24, 2.45) is 0 Å². The molecule has 0 saturated carbocycles. The molecule has 0 aromatic carbocycles. The molecule has 1 saturated heterocycles. The molecule has 0 bridgehead atoms.